The fourth-order valence-electron chi connectivity index (χ4n) is 2.67. The third-order valence-electron chi connectivity index (χ3n) is 3.97. The molecule has 3 rings (SSSR count). The maximum Gasteiger partial charge on any atom is 0.248 e. The second-order valence-corrected chi connectivity index (χ2v) is 6.20. The zero-order valence-corrected chi connectivity index (χ0v) is 11.7. The first kappa shape index (κ1) is 12.6. The Hall–Kier alpha value is -1.43. The minimum Gasteiger partial charge on any atom is -0.342 e. The highest BCUT2D eigenvalue weighted by Gasteiger charge is 2.51. The summed E-state index contributed by atoms with van der Waals surface area (Å²) in [4.78, 5) is 30.5. The molecule has 0 bridgehead atoms. The Morgan fingerprint density at radius 2 is 2.32 bits per heavy atom. The van der Waals surface area contributed by atoms with Crippen LogP contribution in [0.5, 0.6) is 0 Å². The van der Waals surface area contributed by atoms with Crippen molar-refractivity contribution in [1.29, 1.82) is 0 Å². The summed E-state index contributed by atoms with van der Waals surface area (Å²) >= 11 is 1.52. The lowest BCUT2D eigenvalue weighted by Crippen LogP contribution is -2.56. The first-order chi connectivity index (χ1) is 9.09. The van der Waals surface area contributed by atoms with E-state index in [2.05, 4.69) is 10.3 Å². The molecule has 6 heteroatoms. The van der Waals surface area contributed by atoms with Gasteiger partial charge in [0.1, 0.15) is 5.54 Å². The highest BCUT2D eigenvalue weighted by atomic mass is 32.1. The summed E-state index contributed by atoms with van der Waals surface area (Å²) in [5.74, 6) is 0.303. The molecule has 1 atom stereocenters. The SMILES string of the molecule is CC1(C2CC2)NC(=O)CCN(Cc2cscn2)C1=O. The topological polar surface area (TPSA) is 62.3 Å². The molecule has 1 aliphatic heterocycles. The summed E-state index contributed by atoms with van der Waals surface area (Å²) in [5, 5.41) is 4.87. The highest BCUT2D eigenvalue weighted by Crippen LogP contribution is 2.41. The van der Waals surface area contributed by atoms with E-state index >= 15 is 0 Å². The second-order valence-electron chi connectivity index (χ2n) is 5.48. The number of thiazole rings is 1. The van der Waals surface area contributed by atoms with Crippen LogP contribution in [0, 0.1) is 5.92 Å². The van der Waals surface area contributed by atoms with Crippen molar-refractivity contribution in [3.05, 3.63) is 16.6 Å². The number of nitrogens with zero attached hydrogens (tertiary/aromatic N) is 2. The molecule has 0 aromatic carbocycles. The average molecular weight is 279 g/mol. The zero-order chi connectivity index (χ0) is 13.5. The summed E-state index contributed by atoms with van der Waals surface area (Å²) < 4.78 is 0. The van der Waals surface area contributed by atoms with E-state index in [0.29, 0.717) is 25.4 Å². The molecule has 1 unspecified atom stereocenters. The molecule has 1 aliphatic carbocycles. The number of aromatic nitrogens is 1. The van der Waals surface area contributed by atoms with E-state index in [9.17, 15) is 9.59 Å². The van der Waals surface area contributed by atoms with Crippen LogP contribution in [-0.4, -0.2) is 33.8 Å². The Balaban J connectivity index is 1.83. The molecule has 2 aliphatic rings. The third kappa shape index (κ3) is 2.36. The Labute approximate surface area is 116 Å². The Bertz CT molecular complexity index is 498. The van der Waals surface area contributed by atoms with Crippen LogP contribution in [0.25, 0.3) is 0 Å². The molecule has 1 aromatic heterocycles. The molecule has 2 amide bonds. The van der Waals surface area contributed by atoms with Gasteiger partial charge in [0.25, 0.3) is 0 Å². The van der Waals surface area contributed by atoms with Gasteiger partial charge in [0, 0.05) is 18.3 Å². The summed E-state index contributed by atoms with van der Waals surface area (Å²) in [6.07, 6.45) is 2.41. The van der Waals surface area contributed by atoms with E-state index in [1.807, 2.05) is 12.3 Å². The molecule has 1 N–H and O–H groups in total. The van der Waals surface area contributed by atoms with Crippen molar-refractivity contribution in [3.63, 3.8) is 0 Å². The van der Waals surface area contributed by atoms with Gasteiger partial charge in [0.15, 0.2) is 0 Å². The van der Waals surface area contributed by atoms with Crippen molar-refractivity contribution in [3.8, 4) is 0 Å². The lowest BCUT2D eigenvalue weighted by molar-refractivity contribution is -0.139. The van der Waals surface area contributed by atoms with Gasteiger partial charge >= 0.3 is 0 Å². The van der Waals surface area contributed by atoms with Gasteiger partial charge in [-0.05, 0) is 25.7 Å². The van der Waals surface area contributed by atoms with E-state index in [0.717, 1.165) is 18.5 Å². The van der Waals surface area contributed by atoms with E-state index in [4.69, 9.17) is 0 Å². The third-order valence-corrected chi connectivity index (χ3v) is 4.60. The van der Waals surface area contributed by atoms with Crippen molar-refractivity contribution >= 4 is 23.2 Å². The number of hydrogen-bond donors (Lipinski definition) is 1. The van der Waals surface area contributed by atoms with Crippen molar-refractivity contribution in [2.45, 2.75) is 38.3 Å². The van der Waals surface area contributed by atoms with E-state index in [1.165, 1.54) is 11.3 Å². The quantitative estimate of drug-likeness (QED) is 0.903. The Kier molecular flexibility index (Phi) is 3.05. The Morgan fingerprint density at radius 1 is 1.53 bits per heavy atom. The monoisotopic (exact) mass is 279 g/mol. The van der Waals surface area contributed by atoms with Crippen molar-refractivity contribution in [2.75, 3.05) is 6.54 Å². The zero-order valence-electron chi connectivity index (χ0n) is 10.9. The fraction of sp³-hybridized carbons (Fsp3) is 0.615. The smallest absolute Gasteiger partial charge is 0.248 e. The molecule has 0 radical (unpaired) electrons. The summed E-state index contributed by atoms with van der Waals surface area (Å²) in [5.41, 5.74) is 1.94. The van der Waals surface area contributed by atoms with Crippen LogP contribution < -0.4 is 5.32 Å². The lowest BCUT2D eigenvalue weighted by atomic mass is 9.94. The molecule has 2 fully saturated rings. The van der Waals surface area contributed by atoms with Crippen LogP contribution in [0.4, 0.5) is 0 Å². The predicted molar refractivity (Wildman–Crippen MR) is 71.4 cm³/mol. The van der Waals surface area contributed by atoms with Crippen LogP contribution in [0.3, 0.4) is 0 Å². The van der Waals surface area contributed by atoms with Gasteiger partial charge in [-0.1, -0.05) is 0 Å². The highest BCUT2D eigenvalue weighted by molar-refractivity contribution is 7.07. The van der Waals surface area contributed by atoms with Crippen LogP contribution in [0.15, 0.2) is 10.9 Å². The minimum atomic E-state index is -0.719. The number of rotatable bonds is 3. The van der Waals surface area contributed by atoms with Gasteiger partial charge in [-0.15, -0.1) is 11.3 Å². The molecule has 5 nitrogen and oxygen atoms in total. The molecule has 1 saturated heterocycles. The van der Waals surface area contributed by atoms with Crippen LogP contribution in [0.2, 0.25) is 0 Å². The summed E-state index contributed by atoms with van der Waals surface area (Å²) in [6, 6.07) is 0. The fourth-order valence-corrected chi connectivity index (χ4v) is 3.22. The van der Waals surface area contributed by atoms with E-state index < -0.39 is 5.54 Å². The largest absolute Gasteiger partial charge is 0.342 e. The summed E-state index contributed by atoms with van der Waals surface area (Å²) in [7, 11) is 0. The predicted octanol–water partition coefficient (Wildman–Crippen LogP) is 1.16. The molecular formula is C13H17N3O2S. The maximum absolute atomic E-state index is 12.7. The molecule has 2 heterocycles. The lowest BCUT2D eigenvalue weighted by Gasteiger charge is -2.32. The molecule has 1 saturated carbocycles. The average Bonchev–Trinajstić information content (AvgIpc) is 3.13. The number of hydrogen-bond acceptors (Lipinski definition) is 4. The van der Waals surface area contributed by atoms with Gasteiger partial charge in [-0.2, -0.15) is 0 Å². The molecule has 102 valence electrons. The molecule has 1 aromatic rings. The first-order valence-electron chi connectivity index (χ1n) is 6.57. The number of carbonyl (C=O) groups is 2. The summed E-state index contributed by atoms with van der Waals surface area (Å²) in [6.45, 7) is 2.84. The van der Waals surface area contributed by atoms with Gasteiger partial charge in [0.2, 0.25) is 11.8 Å². The van der Waals surface area contributed by atoms with Gasteiger partial charge in [-0.25, -0.2) is 4.98 Å². The van der Waals surface area contributed by atoms with E-state index in [1.54, 1.807) is 10.4 Å². The van der Waals surface area contributed by atoms with Crippen molar-refractivity contribution < 1.29 is 9.59 Å². The molecule has 19 heavy (non-hydrogen) atoms. The number of amides is 2. The van der Waals surface area contributed by atoms with E-state index in [-0.39, 0.29) is 11.8 Å². The van der Waals surface area contributed by atoms with Crippen LogP contribution in [0.1, 0.15) is 31.9 Å². The standard InChI is InChI=1S/C13H17N3O2S/c1-13(9-2-3-9)12(18)16(5-4-11(17)15-13)6-10-7-19-8-14-10/h7-9H,2-6H2,1H3,(H,15,17). The molecular weight excluding hydrogens is 262 g/mol. The number of carbonyl (C=O) groups excluding carboxylic acids is 2. The second kappa shape index (κ2) is 4.59. The molecule has 0 spiro atoms. The first-order valence-corrected chi connectivity index (χ1v) is 7.51. The van der Waals surface area contributed by atoms with Gasteiger partial charge < -0.3 is 10.2 Å². The van der Waals surface area contributed by atoms with Crippen LogP contribution in [-0.2, 0) is 16.1 Å². The maximum atomic E-state index is 12.7. The van der Waals surface area contributed by atoms with Crippen molar-refractivity contribution in [1.82, 2.24) is 15.2 Å². The van der Waals surface area contributed by atoms with Crippen LogP contribution >= 0.6 is 11.3 Å². The normalized spacial score (nSPS) is 28.2. The Morgan fingerprint density at radius 3 is 2.95 bits per heavy atom. The van der Waals surface area contributed by atoms with Crippen molar-refractivity contribution in [2.24, 2.45) is 5.92 Å². The number of nitrogens with one attached hydrogen (secondary N) is 1. The minimum absolute atomic E-state index is 0.0245. The van der Waals surface area contributed by atoms with Gasteiger partial charge in [0.05, 0.1) is 17.7 Å². The van der Waals surface area contributed by atoms with Gasteiger partial charge in [-0.3, -0.25) is 9.59 Å².